The molecule has 3 rings (SSSR count). The van der Waals surface area contributed by atoms with Crippen LogP contribution in [-0.2, 0) is 0 Å². The molecular formula is C15H10BrFN2O. The third-order valence-corrected chi connectivity index (χ3v) is 3.76. The van der Waals surface area contributed by atoms with E-state index in [4.69, 9.17) is 5.73 Å². The van der Waals surface area contributed by atoms with E-state index in [1.54, 1.807) is 30.3 Å². The topological polar surface area (TPSA) is 48.0 Å². The molecule has 0 saturated carbocycles. The van der Waals surface area contributed by atoms with Gasteiger partial charge in [0.25, 0.3) is 5.56 Å². The molecular weight excluding hydrogens is 323 g/mol. The maximum atomic E-state index is 13.6. The zero-order valence-corrected chi connectivity index (χ0v) is 11.9. The number of nitrogens with zero attached hydrogens (tertiary/aromatic N) is 1. The number of nitrogen functional groups attached to an aromatic ring is 1. The Kier molecular flexibility index (Phi) is 3.06. The van der Waals surface area contributed by atoms with E-state index < -0.39 is 5.82 Å². The predicted molar refractivity (Wildman–Crippen MR) is 81.6 cm³/mol. The lowest BCUT2D eigenvalue weighted by Crippen LogP contribution is -2.21. The molecule has 0 aliphatic heterocycles. The number of nitrogens with two attached hydrogens (primary N) is 1. The van der Waals surface area contributed by atoms with Gasteiger partial charge in [0.15, 0.2) is 0 Å². The lowest BCUT2D eigenvalue weighted by atomic mass is 10.1. The monoisotopic (exact) mass is 332 g/mol. The maximum Gasteiger partial charge on any atom is 0.264 e. The number of rotatable bonds is 1. The average molecular weight is 333 g/mol. The number of benzene rings is 2. The average Bonchev–Trinajstić information content (AvgIpc) is 2.43. The van der Waals surface area contributed by atoms with Crippen LogP contribution in [0.1, 0.15) is 0 Å². The van der Waals surface area contributed by atoms with Crippen LogP contribution in [0.5, 0.6) is 0 Å². The summed E-state index contributed by atoms with van der Waals surface area (Å²) in [5, 5.41) is 1.31. The molecule has 20 heavy (non-hydrogen) atoms. The lowest BCUT2D eigenvalue weighted by molar-refractivity contribution is 0.620. The van der Waals surface area contributed by atoms with Gasteiger partial charge in [-0.25, -0.2) is 4.39 Å². The van der Waals surface area contributed by atoms with E-state index >= 15 is 0 Å². The molecule has 2 N–H and O–H groups in total. The first-order chi connectivity index (χ1) is 9.58. The number of aromatic nitrogens is 1. The minimum absolute atomic E-state index is 0.262. The van der Waals surface area contributed by atoms with E-state index in [1.165, 1.54) is 10.6 Å². The van der Waals surface area contributed by atoms with Crippen LogP contribution < -0.4 is 11.3 Å². The summed E-state index contributed by atoms with van der Waals surface area (Å²) < 4.78 is 15.3. The fraction of sp³-hybridized carbons (Fsp3) is 0. The van der Waals surface area contributed by atoms with E-state index in [0.29, 0.717) is 15.5 Å². The van der Waals surface area contributed by atoms with Crippen molar-refractivity contribution in [3.05, 3.63) is 69.2 Å². The van der Waals surface area contributed by atoms with Crippen molar-refractivity contribution in [1.82, 2.24) is 4.57 Å². The van der Waals surface area contributed by atoms with Crippen molar-refractivity contribution in [1.29, 1.82) is 0 Å². The Hall–Kier alpha value is -2.14. The summed E-state index contributed by atoms with van der Waals surface area (Å²) >= 11 is 3.09. The molecule has 0 aliphatic carbocycles. The smallest absolute Gasteiger partial charge is 0.264 e. The Labute approximate surface area is 122 Å². The minimum Gasteiger partial charge on any atom is -0.385 e. The lowest BCUT2D eigenvalue weighted by Gasteiger charge is -2.11. The quantitative estimate of drug-likeness (QED) is 0.741. The molecule has 2 aromatic carbocycles. The fourth-order valence-corrected chi connectivity index (χ4v) is 2.42. The highest BCUT2D eigenvalue weighted by Gasteiger charge is 2.10. The number of anilines is 1. The van der Waals surface area contributed by atoms with Gasteiger partial charge in [-0.15, -0.1) is 0 Å². The summed E-state index contributed by atoms with van der Waals surface area (Å²) in [5.41, 5.74) is 6.08. The van der Waals surface area contributed by atoms with Crippen molar-refractivity contribution < 1.29 is 4.39 Å². The molecule has 0 saturated heterocycles. The van der Waals surface area contributed by atoms with Crippen molar-refractivity contribution in [2.45, 2.75) is 0 Å². The standard InChI is InChI=1S/C15H10BrFN2O/c16-12-6-5-10(8-13(12)17)19-14(18)7-9-3-1-2-4-11(9)15(19)20/h1-8H,18H2. The van der Waals surface area contributed by atoms with Crippen molar-refractivity contribution in [3.8, 4) is 5.69 Å². The van der Waals surface area contributed by atoms with Crippen LogP contribution in [0, 0.1) is 5.82 Å². The van der Waals surface area contributed by atoms with E-state index in [2.05, 4.69) is 15.9 Å². The number of fused-ring (bicyclic) bond motifs is 1. The van der Waals surface area contributed by atoms with E-state index in [-0.39, 0.29) is 11.4 Å². The molecule has 0 amide bonds. The van der Waals surface area contributed by atoms with E-state index in [0.717, 1.165) is 5.39 Å². The summed E-state index contributed by atoms with van der Waals surface area (Å²) in [6, 6.07) is 13.3. The van der Waals surface area contributed by atoms with Crippen LogP contribution in [-0.4, -0.2) is 4.57 Å². The van der Waals surface area contributed by atoms with Gasteiger partial charge < -0.3 is 5.73 Å². The molecule has 0 radical (unpaired) electrons. The third-order valence-electron chi connectivity index (χ3n) is 3.12. The largest absolute Gasteiger partial charge is 0.385 e. The highest BCUT2D eigenvalue weighted by Crippen LogP contribution is 2.21. The fourth-order valence-electron chi connectivity index (χ4n) is 2.17. The van der Waals surface area contributed by atoms with Crippen molar-refractivity contribution in [3.63, 3.8) is 0 Å². The first kappa shape index (κ1) is 12.9. The van der Waals surface area contributed by atoms with Crippen LogP contribution in [0.3, 0.4) is 0 Å². The van der Waals surface area contributed by atoms with Gasteiger partial charge in [0.05, 0.1) is 10.2 Å². The second kappa shape index (κ2) is 4.76. The van der Waals surface area contributed by atoms with Crippen LogP contribution >= 0.6 is 15.9 Å². The van der Waals surface area contributed by atoms with Crippen molar-refractivity contribution >= 4 is 32.5 Å². The Balaban J connectivity index is 2.36. The molecule has 100 valence electrons. The van der Waals surface area contributed by atoms with Gasteiger partial charge in [-0.3, -0.25) is 9.36 Å². The van der Waals surface area contributed by atoms with Crippen LogP contribution in [0.25, 0.3) is 16.5 Å². The van der Waals surface area contributed by atoms with Crippen molar-refractivity contribution in [2.75, 3.05) is 5.73 Å². The maximum absolute atomic E-state index is 13.6. The number of hydrogen-bond acceptors (Lipinski definition) is 2. The first-order valence-corrected chi connectivity index (χ1v) is 6.73. The molecule has 0 bridgehead atoms. The summed E-state index contributed by atoms with van der Waals surface area (Å²) in [6.07, 6.45) is 0. The molecule has 1 heterocycles. The predicted octanol–water partition coefficient (Wildman–Crippen LogP) is 3.47. The molecule has 1 aromatic heterocycles. The number of halogens is 2. The molecule has 0 aliphatic rings. The molecule has 0 unspecified atom stereocenters. The van der Waals surface area contributed by atoms with Gasteiger partial charge in [0.2, 0.25) is 0 Å². The molecule has 5 heteroatoms. The van der Waals surface area contributed by atoms with Gasteiger partial charge in [-0.1, -0.05) is 18.2 Å². The summed E-state index contributed by atoms with van der Waals surface area (Å²) in [5.74, 6) is -0.169. The Bertz CT molecular complexity index is 873. The zero-order valence-electron chi connectivity index (χ0n) is 10.3. The molecule has 3 nitrogen and oxygen atoms in total. The molecule has 3 aromatic rings. The Morgan fingerprint density at radius 2 is 1.85 bits per heavy atom. The van der Waals surface area contributed by atoms with Gasteiger partial charge in [-0.2, -0.15) is 0 Å². The van der Waals surface area contributed by atoms with Gasteiger partial charge in [-0.05, 0) is 51.6 Å². The van der Waals surface area contributed by atoms with Crippen LogP contribution in [0.4, 0.5) is 10.2 Å². The minimum atomic E-state index is -0.443. The summed E-state index contributed by atoms with van der Waals surface area (Å²) in [4.78, 5) is 12.5. The Morgan fingerprint density at radius 1 is 1.10 bits per heavy atom. The normalized spacial score (nSPS) is 10.9. The molecule has 0 spiro atoms. The highest BCUT2D eigenvalue weighted by molar-refractivity contribution is 9.10. The van der Waals surface area contributed by atoms with E-state index in [9.17, 15) is 9.18 Å². The van der Waals surface area contributed by atoms with Crippen LogP contribution in [0.2, 0.25) is 0 Å². The summed E-state index contributed by atoms with van der Waals surface area (Å²) in [7, 11) is 0. The van der Waals surface area contributed by atoms with Gasteiger partial charge in [0.1, 0.15) is 11.6 Å². The molecule has 0 atom stereocenters. The highest BCUT2D eigenvalue weighted by atomic mass is 79.9. The number of hydrogen-bond donors (Lipinski definition) is 1. The summed E-state index contributed by atoms with van der Waals surface area (Å²) in [6.45, 7) is 0. The second-order valence-electron chi connectivity index (χ2n) is 4.40. The number of pyridine rings is 1. The van der Waals surface area contributed by atoms with E-state index in [1.807, 2.05) is 12.1 Å². The second-order valence-corrected chi connectivity index (χ2v) is 5.25. The first-order valence-electron chi connectivity index (χ1n) is 5.93. The Morgan fingerprint density at radius 3 is 2.60 bits per heavy atom. The molecule has 0 fully saturated rings. The van der Waals surface area contributed by atoms with Gasteiger partial charge >= 0.3 is 0 Å². The van der Waals surface area contributed by atoms with Crippen molar-refractivity contribution in [2.24, 2.45) is 0 Å². The van der Waals surface area contributed by atoms with Crippen LogP contribution in [0.15, 0.2) is 57.8 Å². The zero-order chi connectivity index (χ0) is 14.3. The van der Waals surface area contributed by atoms with Gasteiger partial charge in [0, 0.05) is 5.39 Å². The third kappa shape index (κ3) is 2.00. The SMILES string of the molecule is Nc1cc2ccccc2c(=O)n1-c1ccc(Br)c(F)c1.